The van der Waals surface area contributed by atoms with Crippen molar-refractivity contribution in [3.8, 4) is 0 Å². The van der Waals surface area contributed by atoms with Crippen LogP contribution in [0.2, 0.25) is 5.02 Å². The summed E-state index contributed by atoms with van der Waals surface area (Å²) in [5.41, 5.74) is -0.134. The Morgan fingerprint density at radius 2 is 2.12 bits per heavy atom. The van der Waals surface area contributed by atoms with Crippen molar-refractivity contribution in [2.75, 3.05) is 0 Å². The van der Waals surface area contributed by atoms with E-state index in [0.29, 0.717) is 0 Å². The first-order valence-corrected chi connectivity index (χ1v) is 6.72. The fourth-order valence-electron chi connectivity index (χ4n) is 1.16. The van der Waals surface area contributed by atoms with E-state index in [-0.39, 0.29) is 10.6 Å². The molecule has 0 saturated carbocycles. The van der Waals surface area contributed by atoms with Crippen molar-refractivity contribution in [3.05, 3.63) is 34.6 Å². The van der Waals surface area contributed by atoms with Gasteiger partial charge in [-0.05, 0) is 13.0 Å². The summed E-state index contributed by atoms with van der Waals surface area (Å²) in [5, 5.41) is 6.84. The lowest BCUT2D eigenvalue weighted by Crippen LogP contribution is -2.28. The number of carbonyl (C=O) groups is 1. The average molecular weight is 281 g/mol. The zero-order valence-corrected chi connectivity index (χ0v) is 10.4. The molecule has 0 aliphatic heterocycles. The van der Waals surface area contributed by atoms with Gasteiger partial charge in [-0.1, -0.05) is 23.7 Å². The molecule has 0 radical (unpaired) electrons. The van der Waals surface area contributed by atoms with Gasteiger partial charge < -0.3 is 5.11 Å². The topological polar surface area (TPSA) is 71.4 Å². The van der Waals surface area contributed by atoms with Crippen molar-refractivity contribution in [3.63, 3.8) is 0 Å². The Morgan fingerprint density at radius 1 is 1.53 bits per heavy atom. The zero-order valence-electron chi connectivity index (χ0n) is 8.85. The number of halogens is 2. The summed E-state index contributed by atoms with van der Waals surface area (Å²) >= 11 is 5.50. The molecule has 1 aromatic rings. The quantitative estimate of drug-likeness (QED) is 0.914. The molecule has 0 heterocycles. The molecule has 1 N–H and O–H groups in total. The lowest BCUT2D eigenvalue weighted by molar-refractivity contribution is -0.136. The number of benzene rings is 1. The van der Waals surface area contributed by atoms with Gasteiger partial charge in [0.25, 0.3) is 0 Å². The normalized spacial score (nSPS) is 13.4. The third-order valence-electron chi connectivity index (χ3n) is 2.27. The molecule has 1 atom stereocenters. The van der Waals surface area contributed by atoms with E-state index in [1.54, 1.807) is 0 Å². The Morgan fingerprint density at radius 3 is 2.65 bits per heavy atom. The Bertz CT molecular complexity index is 541. The summed E-state index contributed by atoms with van der Waals surface area (Å²) < 4.78 is 36.7. The van der Waals surface area contributed by atoms with Gasteiger partial charge in [-0.2, -0.15) is 0 Å². The minimum atomic E-state index is -3.95. The molecule has 0 aromatic heterocycles. The third kappa shape index (κ3) is 3.17. The maximum Gasteiger partial charge on any atom is 0.321 e. The summed E-state index contributed by atoms with van der Waals surface area (Å²) in [6.07, 6.45) is 0. The molecule has 0 spiro atoms. The largest absolute Gasteiger partial charge is 0.480 e. The maximum atomic E-state index is 13.5. The second kappa shape index (κ2) is 5.01. The highest BCUT2D eigenvalue weighted by Crippen LogP contribution is 2.21. The second-order valence-corrected chi connectivity index (χ2v) is 6.23. The van der Waals surface area contributed by atoms with Crippen LogP contribution in [0.4, 0.5) is 4.39 Å². The molecule has 17 heavy (non-hydrogen) atoms. The highest BCUT2D eigenvalue weighted by Gasteiger charge is 2.28. The molecule has 0 fully saturated rings. The Kier molecular flexibility index (Phi) is 4.11. The van der Waals surface area contributed by atoms with Gasteiger partial charge in [0.15, 0.2) is 15.1 Å². The van der Waals surface area contributed by atoms with E-state index in [1.165, 1.54) is 18.2 Å². The van der Waals surface area contributed by atoms with Gasteiger partial charge in [-0.3, -0.25) is 4.79 Å². The van der Waals surface area contributed by atoms with Crippen LogP contribution in [0.3, 0.4) is 0 Å². The van der Waals surface area contributed by atoms with Crippen LogP contribution in [0.5, 0.6) is 0 Å². The van der Waals surface area contributed by atoms with E-state index in [1.807, 2.05) is 0 Å². The first-order chi connectivity index (χ1) is 7.75. The van der Waals surface area contributed by atoms with Crippen molar-refractivity contribution in [2.45, 2.75) is 17.9 Å². The number of sulfone groups is 1. The smallest absolute Gasteiger partial charge is 0.321 e. The summed E-state index contributed by atoms with van der Waals surface area (Å²) in [5.74, 6) is -2.99. The lowest BCUT2D eigenvalue weighted by Gasteiger charge is -2.09. The number of rotatable bonds is 4. The number of hydrogen-bond donors (Lipinski definition) is 1. The minimum Gasteiger partial charge on any atom is -0.480 e. The van der Waals surface area contributed by atoms with E-state index in [2.05, 4.69) is 0 Å². The van der Waals surface area contributed by atoms with Crippen molar-refractivity contribution >= 4 is 27.4 Å². The molecule has 1 aromatic carbocycles. The van der Waals surface area contributed by atoms with E-state index in [0.717, 1.165) is 6.92 Å². The van der Waals surface area contributed by atoms with E-state index in [4.69, 9.17) is 16.7 Å². The molecular weight excluding hydrogens is 271 g/mol. The Balaban J connectivity index is 3.07. The number of aliphatic carboxylic acids is 1. The van der Waals surface area contributed by atoms with Crippen molar-refractivity contribution < 1.29 is 22.7 Å². The summed E-state index contributed by atoms with van der Waals surface area (Å²) in [7, 11) is -3.95. The van der Waals surface area contributed by atoms with Crippen LogP contribution in [-0.4, -0.2) is 24.7 Å². The molecule has 1 unspecified atom stereocenters. The van der Waals surface area contributed by atoms with Crippen LogP contribution in [0, 0.1) is 5.82 Å². The number of hydrogen-bond acceptors (Lipinski definition) is 3. The second-order valence-electron chi connectivity index (χ2n) is 3.50. The maximum absolute atomic E-state index is 13.5. The molecule has 0 amide bonds. The van der Waals surface area contributed by atoms with Gasteiger partial charge in [0.05, 0.1) is 10.8 Å². The lowest BCUT2D eigenvalue weighted by atomic mass is 10.2. The van der Waals surface area contributed by atoms with Crippen molar-refractivity contribution in [2.24, 2.45) is 0 Å². The van der Waals surface area contributed by atoms with Gasteiger partial charge >= 0.3 is 5.97 Å². The van der Waals surface area contributed by atoms with Crippen LogP contribution >= 0.6 is 11.6 Å². The Hall–Kier alpha value is -1.14. The molecule has 0 saturated heterocycles. The van der Waals surface area contributed by atoms with Crippen molar-refractivity contribution in [1.82, 2.24) is 0 Å². The molecule has 94 valence electrons. The fourth-order valence-corrected chi connectivity index (χ4v) is 2.56. The van der Waals surface area contributed by atoms with Gasteiger partial charge in [0.2, 0.25) is 0 Å². The van der Waals surface area contributed by atoms with Crippen LogP contribution in [0.1, 0.15) is 12.5 Å². The van der Waals surface area contributed by atoms with E-state index < -0.39 is 32.6 Å². The third-order valence-corrected chi connectivity index (χ3v) is 4.56. The highest BCUT2D eigenvalue weighted by atomic mass is 35.5. The molecule has 0 aliphatic rings. The first-order valence-electron chi connectivity index (χ1n) is 4.63. The monoisotopic (exact) mass is 280 g/mol. The predicted octanol–water partition coefficient (Wildman–Crippen LogP) is 1.87. The van der Waals surface area contributed by atoms with Crippen LogP contribution in [0.15, 0.2) is 18.2 Å². The van der Waals surface area contributed by atoms with Crippen LogP contribution in [0.25, 0.3) is 0 Å². The Labute approximate surface area is 103 Å². The molecule has 0 aliphatic carbocycles. The summed E-state index contributed by atoms with van der Waals surface area (Å²) in [6.45, 7) is 1.04. The first kappa shape index (κ1) is 13.9. The number of carboxylic acids is 1. The van der Waals surface area contributed by atoms with Crippen LogP contribution in [-0.2, 0) is 20.4 Å². The molecule has 4 nitrogen and oxygen atoms in total. The highest BCUT2D eigenvalue weighted by molar-refractivity contribution is 7.91. The summed E-state index contributed by atoms with van der Waals surface area (Å²) in [4.78, 5) is 10.6. The molecular formula is C10H10ClFO4S. The average Bonchev–Trinajstić information content (AvgIpc) is 2.23. The molecule has 0 bridgehead atoms. The van der Waals surface area contributed by atoms with Gasteiger partial charge in [-0.25, -0.2) is 12.8 Å². The van der Waals surface area contributed by atoms with Crippen LogP contribution < -0.4 is 0 Å². The van der Waals surface area contributed by atoms with E-state index >= 15 is 0 Å². The standard InChI is InChI=1S/C10H10ClFO4S/c1-6(10(13)14)17(15,16)5-7-3-2-4-8(11)9(7)12/h2-4,6H,5H2,1H3,(H,13,14). The number of carboxylic acid groups (broad SMARTS) is 1. The SMILES string of the molecule is CC(C(=O)O)S(=O)(=O)Cc1cccc(Cl)c1F. The van der Waals surface area contributed by atoms with Gasteiger partial charge in [0, 0.05) is 5.56 Å². The fraction of sp³-hybridized carbons (Fsp3) is 0.300. The predicted molar refractivity (Wildman–Crippen MR) is 61.1 cm³/mol. The minimum absolute atomic E-state index is 0.134. The summed E-state index contributed by atoms with van der Waals surface area (Å²) in [6, 6.07) is 3.95. The van der Waals surface area contributed by atoms with Gasteiger partial charge in [0.1, 0.15) is 5.82 Å². The zero-order chi connectivity index (χ0) is 13.2. The van der Waals surface area contributed by atoms with E-state index in [9.17, 15) is 17.6 Å². The van der Waals surface area contributed by atoms with Crippen molar-refractivity contribution in [1.29, 1.82) is 0 Å². The molecule has 1 rings (SSSR count). The molecule has 7 heteroatoms. The van der Waals surface area contributed by atoms with Gasteiger partial charge in [-0.15, -0.1) is 0 Å².